The zero-order valence-electron chi connectivity index (χ0n) is 16.1. The highest BCUT2D eigenvalue weighted by molar-refractivity contribution is 5.95. The molecule has 0 bridgehead atoms. The van der Waals surface area contributed by atoms with Gasteiger partial charge in [0.2, 0.25) is 5.75 Å². The minimum Gasteiger partial charge on any atom is -0.500 e. The normalized spacial score (nSPS) is 16.5. The first-order chi connectivity index (χ1) is 13.2. The smallest absolute Gasteiger partial charge is 0.338 e. The molecule has 1 aromatic rings. The van der Waals surface area contributed by atoms with Crippen molar-refractivity contribution in [3.63, 3.8) is 0 Å². The topological polar surface area (TPSA) is 140 Å². The van der Waals surface area contributed by atoms with Gasteiger partial charge in [-0.05, 0) is 31.4 Å². The van der Waals surface area contributed by atoms with Gasteiger partial charge in [-0.2, -0.15) is 0 Å². The maximum absolute atomic E-state index is 12.6. The number of allylic oxidation sites excluding steroid dienone is 1. The van der Waals surface area contributed by atoms with Crippen molar-refractivity contribution >= 4 is 17.7 Å². The Morgan fingerprint density at radius 2 is 2.00 bits per heavy atom. The fraction of sp³-hybridized carbons (Fsp3) is 0.444. The number of urea groups is 1. The van der Waals surface area contributed by atoms with Crippen LogP contribution in [0.4, 0.5) is 10.5 Å². The number of amides is 2. The highest BCUT2D eigenvalue weighted by Gasteiger charge is 2.36. The third kappa shape index (κ3) is 4.16. The molecule has 1 unspecified atom stereocenters. The van der Waals surface area contributed by atoms with Crippen molar-refractivity contribution in [1.29, 1.82) is 0 Å². The quantitative estimate of drug-likeness (QED) is 0.367. The van der Waals surface area contributed by atoms with Gasteiger partial charge in [0, 0.05) is 11.8 Å². The molecule has 0 fully saturated rings. The highest BCUT2D eigenvalue weighted by Crippen LogP contribution is 2.41. The van der Waals surface area contributed by atoms with Crippen LogP contribution in [-0.2, 0) is 9.53 Å². The van der Waals surface area contributed by atoms with Crippen LogP contribution in [0.5, 0.6) is 11.5 Å². The van der Waals surface area contributed by atoms with Gasteiger partial charge in [-0.25, -0.2) is 9.59 Å². The van der Waals surface area contributed by atoms with Gasteiger partial charge in [-0.3, -0.25) is 10.1 Å². The van der Waals surface area contributed by atoms with E-state index in [0.29, 0.717) is 5.70 Å². The van der Waals surface area contributed by atoms with E-state index < -0.39 is 34.4 Å². The second-order valence-corrected chi connectivity index (χ2v) is 6.31. The monoisotopic (exact) mass is 393 g/mol. The van der Waals surface area contributed by atoms with E-state index in [-0.39, 0.29) is 36.0 Å². The number of nitro benzene ring substituents is 1. The Kier molecular flexibility index (Phi) is 6.45. The third-order valence-electron chi connectivity index (χ3n) is 4.08. The number of carbonyl (C=O) groups excluding carboxylic acids is 2. The van der Waals surface area contributed by atoms with Crippen LogP contribution in [0.15, 0.2) is 23.4 Å². The number of benzene rings is 1. The Hall–Kier alpha value is -3.30. The molecule has 0 aromatic heterocycles. The first kappa shape index (κ1) is 21.0. The molecule has 1 atom stereocenters. The summed E-state index contributed by atoms with van der Waals surface area (Å²) in [5.74, 6) is -1.61. The van der Waals surface area contributed by atoms with E-state index in [9.17, 15) is 24.8 Å². The van der Waals surface area contributed by atoms with Crippen molar-refractivity contribution in [3.8, 4) is 11.5 Å². The van der Waals surface area contributed by atoms with E-state index in [4.69, 9.17) is 9.47 Å². The molecule has 10 nitrogen and oxygen atoms in total. The Bertz CT molecular complexity index is 833. The molecule has 28 heavy (non-hydrogen) atoms. The summed E-state index contributed by atoms with van der Waals surface area (Å²) >= 11 is 0. The second-order valence-electron chi connectivity index (χ2n) is 6.31. The zero-order valence-corrected chi connectivity index (χ0v) is 16.1. The zero-order chi connectivity index (χ0) is 21.0. The number of nitro groups is 1. The first-order valence-electron chi connectivity index (χ1n) is 8.83. The summed E-state index contributed by atoms with van der Waals surface area (Å²) in [7, 11) is 0. The van der Waals surface area contributed by atoms with Crippen LogP contribution in [0.3, 0.4) is 0 Å². The molecule has 0 aliphatic carbocycles. The number of hydrogen-bond donors (Lipinski definition) is 3. The molecule has 10 heteroatoms. The summed E-state index contributed by atoms with van der Waals surface area (Å²) < 4.78 is 10.4. The van der Waals surface area contributed by atoms with Crippen LogP contribution in [-0.4, -0.2) is 35.2 Å². The first-order valence-corrected chi connectivity index (χ1v) is 8.83. The molecule has 3 N–H and O–H groups in total. The fourth-order valence-corrected chi connectivity index (χ4v) is 2.91. The predicted molar refractivity (Wildman–Crippen MR) is 98.8 cm³/mol. The summed E-state index contributed by atoms with van der Waals surface area (Å²) in [4.78, 5) is 35.4. The summed E-state index contributed by atoms with van der Waals surface area (Å²) in [5, 5.41) is 26.7. The lowest BCUT2D eigenvalue weighted by Gasteiger charge is -2.31. The SMILES string of the molecule is CCOC(=O)C1=C(C(C)C)NC(=O)NC1c1cc(OCC)c(O)c([N+](=O)[O-])c1. The van der Waals surface area contributed by atoms with Gasteiger partial charge in [0.05, 0.1) is 29.8 Å². The molecule has 1 heterocycles. The molecule has 1 aromatic carbocycles. The molecule has 0 spiro atoms. The summed E-state index contributed by atoms with van der Waals surface area (Å²) in [6.45, 7) is 7.17. The Morgan fingerprint density at radius 1 is 1.32 bits per heavy atom. The van der Waals surface area contributed by atoms with Crippen molar-refractivity contribution < 1.29 is 29.1 Å². The lowest BCUT2D eigenvalue weighted by molar-refractivity contribution is -0.386. The maximum Gasteiger partial charge on any atom is 0.338 e. The lowest BCUT2D eigenvalue weighted by atomic mass is 9.91. The molecule has 1 aliphatic heterocycles. The molecule has 2 rings (SSSR count). The molecule has 0 saturated carbocycles. The standard InChI is InChI=1S/C18H23N3O7/c1-5-27-12-8-10(7-11(16(12)22)21(25)26)15-13(17(23)28-6-2)14(9(3)4)19-18(24)20-15/h7-9,15,22H,5-6H2,1-4H3,(H2,19,20,24). The van der Waals surface area contributed by atoms with E-state index in [2.05, 4.69) is 10.6 Å². The van der Waals surface area contributed by atoms with Gasteiger partial charge in [0.15, 0.2) is 5.75 Å². The molecule has 0 radical (unpaired) electrons. The Balaban J connectivity index is 2.71. The number of carbonyl (C=O) groups is 2. The van der Waals surface area contributed by atoms with E-state index in [1.807, 2.05) is 0 Å². The van der Waals surface area contributed by atoms with Gasteiger partial charge in [-0.1, -0.05) is 13.8 Å². The number of phenols is 1. The number of hydrogen-bond acceptors (Lipinski definition) is 7. The van der Waals surface area contributed by atoms with Crippen molar-refractivity contribution in [1.82, 2.24) is 10.6 Å². The van der Waals surface area contributed by atoms with Crippen LogP contribution >= 0.6 is 0 Å². The van der Waals surface area contributed by atoms with Crippen molar-refractivity contribution in [2.24, 2.45) is 5.92 Å². The van der Waals surface area contributed by atoms with E-state index in [1.54, 1.807) is 27.7 Å². The predicted octanol–water partition coefficient (Wildman–Crippen LogP) is 2.53. The molecular weight excluding hydrogens is 370 g/mol. The van der Waals surface area contributed by atoms with Crippen LogP contribution in [0.2, 0.25) is 0 Å². The number of aromatic hydroxyl groups is 1. The Labute approximate surface area is 161 Å². The van der Waals surface area contributed by atoms with Gasteiger partial charge in [-0.15, -0.1) is 0 Å². The number of rotatable bonds is 7. The largest absolute Gasteiger partial charge is 0.500 e. The number of nitrogens with one attached hydrogen (secondary N) is 2. The van der Waals surface area contributed by atoms with Crippen molar-refractivity contribution in [2.45, 2.75) is 33.7 Å². The van der Waals surface area contributed by atoms with E-state index in [0.717, 1.165) is 6.07 Å². The average molecular weight is 393 g/mol. The fourth-order valence-electron chi connectivity index (χ4n) is 2.91. The average Bonchev–Trinajstić information content (AvgIpc) is 2.62. The number of esters is 1. The Morgan fingerprint density at radius 3 is 2.54 bits per heavy atom. The van der Waals surface area contributed by atoms with E-state index >= 15 is 0 Å². The second kappa shape index (κ2) is 8.59. The third-order valence-corrected chi connectivity index (χ3v) is 4.08. The van der Waals surface area contributed by atoms with Gasteiger partial charge < -0.3 is 25.2 Å². The number of nitrogens with zero attached hydrogens (tertiary/aromatic N) is 1. The van der Waals surface area contributed by atoms with Crippen LogP contribution in [0, 0.1) is 16.0 Å². The number of phenolic OH excluding ortho intramolecular Hbond substituents is 1. The maximum atomic E-state index is 12.6. The summed E-state index contributed by atoms with van der Waals surface area (Å²) in [6, 6.07) is 0.893. The molecule has 152 valence electrons. The number of ether oxygens (including phenoxy) is 2. The molecule has 0 saturated heterocycles. The van der Waals surface area contributed by atoms with Crippen LogP contribution in [0.1, 0.15) is 39.3 Å². The summed E-state index contributed by atoms with van der Waals surface area (Å²) in [5.41, 5.74) is 0.117. The van der Waals surface area contributed by atoms with E-state index in [1.165, 1.54) is 6.07 Å². The molecule has 1 aliphatic rings. The van der Waals surface area contributed by atoms with Crippen LogP contribution in [0.25, 0.3) is 0 Å². The minimum atomic E-state index is -1.01. The van der Waals surface area contributed by atoms with Crippen LogP contribution < -0.4 is 15.4 Å². The minimum absolute atomic E-state index is 0.117. The van der Waals surface area contributed by atoms with Gasteiger partial charge in [0.1, 0.15) is 0 Å². The summed E-state index contributed by atoms with van der Waals surface area (Å²) in [6.07, 6.45) is 0. The van der Waals surface area contributed by atoms with Crippen molar-refractivity contribution in [2.75, 3.05) is 13.2 Å². The lowest BCUT2D eigenvalue weighted by Crippen LogP contribution is -2.47. The highest BCUT2D eigenvalue weighted by atomic mass is 16.6. The van der Waals surface area contributed by atoms with Gasteiger partial charge in [0.25, 0.3) is 0 Å². The molecular formula is C18H23N3O7. The molecule has 2 amide bonds. The van der Waals surface area contributed by atoms with Crippen molar-refractivity contribution in [3.05, 3.63) is 39.1 Å². The van der Waals surface area contributed by atoms with Gasteiger partial charge >= 0.3 is 17.7 Å².